The standard InChI is InChI=1S/C22H30N8O/c1-3-23-22(24-12-9-19-27-21(29-28-19)18-7-5-15-31-18)26-17-10-13-30(14-11-17)20-8-4-6-16(2)25-20/h4-8,15,17H,3,9-14H2,1-2H3,(H2,23,24,26)(H,27,28,29). The molecule has 3 aromatic rings. The molecule has 3 N–H and O–H groups in total. The average Bonchev–Trinajstić information content (AvgIpc) is 3.46. The van der Waals surface area contributed by atoms with Gasteiger partial charge in [-0.15, -0.1) is 0 Å². The molecule has 0 atom stereocenters. The van der Waals surface area contributed by atoms with E-state index in [0.717, 1.165) is 55.8 Å². The lowest BCUT2D eigenvalue weighted by Gasteiger charge is -2.34. The molecular formula is C22H30N8O. The van der Waals surface area contributed by atoms with Crippen LogP contribution in [0.1, 0.15) is 31.3 Å². The minimum Gasteiger partial charge on any atom is -0.461 e. The molecule has 1 fully saturated rings. The molecule has 4 rings (SSSR count). The van der Waals surface area contributed by atoms with E-state index in [1.165, 1.54) is 0 Å². The van der Waals surface area contributed by atoms with Crippen LogP contribution in [0.3, 0.4) is 0 Å². The largest absolute Gasteiger partial charge is 0.461 e. The number of anilines is 1. The summed E-state index contributed by atoms with van der Waals surface area (Å²) in [6, 6.07) is 10.3. The summed E-state index contributed by atoms with van der Waals surface area (Å²) >= 11 is 0. The van der Waals surface area contributed by atoms with Crippen LogP contribution in [0.5, 0.6) is 0 Å². The van der Waals surface area contributed by atoms with Gasteiger partial charge < -0.3 is 20.0 Å². The molecule has 0 spiro atoms. The van der Waals surface area contributed by atoms with Crippen molar-refractivity contribution >= 4 is 11.8 Å². The summed E-state index contributed by atoms with van der Waals surface area (Å²) in [4.78, 5) is 16.2. The second-order valence-corrected chi connectivity index (χ2v) is 7.64. The zero-order valence-corrected chi connectivity index (χ0v) is 18.1. The number of nitrogens with zero attached hydrogens (tertiary/aromatic N) is 5. The van der Waals surface area contributed by atoms with Crippen molar-refractivity contribution in [2.24, 2.45) is 4.99 Å². The van der Waals surface area contributed by atoms with Crippen LogP contribution in [0.4, 0.5) is 5.82 Å². The van der Waals surface area contributed by atoms with Crippen molar-refractivity contribution in [1.29, 1.82) is 0 Å². The molecule has 164 valence electrons. The number of aliphatic imine (C=N–C) groups is 1. The Hall–Kier alpha value is -3.36. The lowest BCUT2D eigenvalue weighted by Crippen LogP contribution is -2.49. The number of rotatable bonds is 7. The Balaban J connectivity index is 1.27. The lowest BCUT2D eigenvalue weighted by atomic mass is 10.1. The van der Waals surface area contributed by atoms with Gasteiger partial charge in [-0.25, -0.2) is 9.97 Å². The van der Waals surface area contributed by atoms with Crippen LogP contribution in [0.25, 0.3) is 11.6 Å². The molecule has 3 aromatic heterocycles. The van der Waals surface area contributed by atoms with E-state index in [1.54, 1.807) is 6.26 Å². The average molecular weight is 423 g/mol. The quantitative estimate of drug-likeness (QED) is 0.397. The van der Waals surface area contributed by atoms with Crippen molar-refractivity contribution < 1.29 is 4.42 Å². The summed E-state index contributed by atoms with van der Waals surface area (Å²) in [5.74, 6) is 3.95. The van der Waals surface area contributed by atoms with Crippen molar-refractivity contribution in [2.75, 3.05) is 31.1 Å². The van der Waals surface area contributed by atoms with Crippen LogP contribution in [-0.4, -0.2) is 58.3 Å². The smallest absolute Gasteiger partial charge is 0.216 e. The number of pyridine rings is 1. The maximum Gasteiger partial charge on any atom is 0.216 e. The molecular weight excluding hydrogens is 392 g/mol. The molecule has 0 saturated carbocycles. The summed E-state index contributed by atoms with van der Waals surface area (Å²) in [7, 11) is 0. The first-order chi connectivity index (χ1) is 15.2. The molecule has 0 aliphatic carbocycles. The lowest BCUT2D eigenvalue weighted by molar-refractivity contribution is 0.459. The number of aryl methyl sites for hydroxylation is 1. The fourth-order valence-electron chi connectivity index (χ4n) is 3.67. The maximum absolute atomic E-state index is 5.33. The van der Waals surface area contributed by atoms with E-state index in [9.17, 15) is 0 Å². The summed E-state index contributed by atoms with van der Waals surface area (Å²) < 4.78 is 5.33. The van der Waals surface area contributed by atoms with E-state index in [1.807, 2.05) is 25.1 Å². The van der Waals surface area contributed by atoms with Gasteiger partial charge in [-0.1, -0.05) is 6.07 Å². The predicted molar refractivity (Wildman–Crippen MR) is 121 cm³/mol. The summed E-state index contributed by atoms with van der Waals surface area (Å²) in [5, 5.41) is 14.1. The van der Waals surface area contributed by atoms with E-state index in [2.05, 4.69) is 54.8 Å². The second kappa shape index (κ2) is 10.1. The first kappa shape index (κ1) is 20.9. The predicted octanol–water partition coefficient (Wildman–Crippen LogP) is 2.53. The van der Waals surface area contributed by atoms with Gasteiger partial charge in [0.05, 0.1) is 6.26 Å². The van der Waals surface area contributed by atoms with E-state index in [0.29, 0.717) is 30.6 Å². The third-order valence-corrected chi connectivity index (χ3v) is 5.27. The topological polar surface area (TPSA) is 107 Å². The fraction of sp³-hybridized carbons (Fsp3) is 0.455. The Kier molecular flexibility index (Phi) is 6.81. The van der Waals surface area contributed by atoms with Gasteiger partial charge in [0, 0.05) is 44.3 Å². The molecule has 4 heterocycles. The number of H-pyrrole nitrogens is 1. The Bertz CT molecular complexity index is 973. The first-order valence-corrected chi connectivity index (χ1v) is 10.9. The van der Waals surface area contributed by atoms with Crippen LogP contribution >= 0.6 is 0 Å². The Labute approximate surface area is 182 Å². The third-order valence-electron chi connectivity index (χ3n) is 5.27. The molecule has 0 amide bonds. The highest BCUT2D eigenvalue weighted by molar-refractivity contribution is 5.80. The van der Waals surface area contributed by atoms with Gasteiger partial charge >= 0.3 is 0 Å². The molecule has 0 radical (unpaired) electrons. The van der Waals surface area contributed by atoms with Crippen LogP contribution in [0.2, 0.25) is 0 Å². The number of nitrogens with one attached hydrogen (secondary N) is 3. The van der Waals surface area contributed by atoms with Gasteiger partial charge in [-0.3, -0.25) is 10.1 Å². The van der Waals surface area contributed by atoms with Gasteiger partial charge in [0.1, 0.15) is 11.6 Å². The van der Waals surface area contributed by atoms with Crippen LogP contribution in [0, 0.1) is 6.92 Å². The van der Waals surface area contributed by atoms with Gasteiger partial charge in [-0.2, -0.15) is 5.10 Å². The van der Waals surface area contributed by atoms with Crippen molar-refractivity contribution in [2.45, 2.75) is 39.2 Å². The molecule has 31 heavy (non-hydrogen) atoms. The van der Waals surface area contributed by atoms with Gasteiger partial charge in [-0.05, 0) is 51.0 Å². The van der Waals surface area contributed by atoms with Crippen molar-refractivity contribution in [3.8, 4) is 11.6 Å². The third kappa shape index (κ3) is 5.62. The highest BCUT2D eigenvalue weighted by atomic mass is 16.3. The van der Waals surface area contributed by atoms with Crippen molar-refractivity contribution in [1.82, 2.24) is 30.8 Å². The fourth-order valence-corrected chi connectivity index (χ4v) is 3.67. The minimum atomic E-state index is 0.398. The van der Waals surface area contributed by atoms with E-state index >= 15 is 0 Å². The van der Waals surface area contributed by atoms with Gasteiger partial charge in [0.15, 0.2) is 11.7 Å². The summed E-state index contributed by atoms with van der Waals surface area (Å²) in [5.41, 5.74) is 1.06. The number of aromatic nitrogens is 4. The molecule has 0 unspecified atom stereocenters. The Morgan fingerprint density at radius 2 is 2.10 bits per heavy atom. The van der Waals surface area contributed by atoms with Crippen LogP contribution < -0.4 is 15.5 Å². The monoisotopic (exact) mass is 422 g/mol. The van der Waals surface area contributed by atoms with Crippen LogP contribution in [-0.2, 0) is 6.42 Å². The van der Waals surface area contributed by atoms with E-state index < -0.39 is 0 Å². The zero-order chi connectivity index (χ0) is 21.5. The Morgan fingerprint density at radius 3 is 2.84 bits per heavy atom. The molecule has 1 aliphatic heterocycles. The first-order valence-electron chi connectivity index (χ1n) is 10.9. The molecule has 9 heteroatoms. The molecule has 9 nitrogen and oxygen atoms in total. The van der Waals surface area contributed by atoms with E-state index in [-0.39, 0.29) is 0 Å². The molecule has 1 aliphatic rings. The number of guanidine groups is 1. The van der Waals surface area contributed by atoms with Gasteiger partial charge in [0.25, 0.3) is 0 Å². The van der Waals surface area contributed by atoms with Crippen molar-refractivity contribution in [3.05, 3.63) is 48.1 Å². The number of piperidine rings is 1. The van der Waals surface area contributed by atoms with Gasteiger partial charge in [0.2, 0.25) is 5.82 Å². The maximum atomic E-state index is 5.33. The van der Waals surface area contributed by atoms with E-state index in [4.69, 9.17) is 9.41 Å². The highest BCUT2D eigenvalue weighted by Gasteiger charge is 2.21. The Morgan fingerprint density at radius 1 is 1.23 bits per heavy atom. The van der Waals surface area contributed by atoms with Crippen molar-refractivity contribution in [3.63, 3.8) is 0 Å². The highest BCUT2D eigenvalue weighted by Crippen LogP contribution is 2.18. The van der Waals surface area contributed by atoms with Crippen LogP contribution in [0.15, 0.2) is 46.0 Å². The molecule has 0 aromatic carbocycles. The molecule has 1 saturated heterocycles. The zero-order valence-electron chi connectivity index (χ0n) is 18.1. The number of furan rings is 1. The normalized spacial score (nSPS) is 15.3. The number of hydrogen-bond donors (Lipinski definition) is 3. The summed E-state index contributed by atoms with van der Waals surface area (Å²) in [6.07, 6.45) is 4.40. The molecule has 0 bridgehead atoms. The number of aromatic amines is 1. The second-order valence-electron chi connectivity index (χ2n) is 7.64. The SMILES string of the molecule is CCNC(=NCCc1nc(-c2ccco2)n[nH]1)NC1CCN(c2cccc(C)n2)CC1. The minimum absolute atomic E-state index is 0.398. The number of hydrogen-bond acceptors (Lipinski definition) is 6. The summed E-state index contributed by atoms with van der Waals surface area (Å²) in [6.45, 7) is 7.53.